The van der Waals surface area contributed by atoms with Gasteiger partial charge >= 0.3 is 0 Å². The number of rotatable bonds is 10. The van der Waals surface area contributed by atoms with Crippen LogP contribution in [0.4, 0.5) is 5.69 Å². The Morgan fingerprint density at radius 3 is 2.05 bits per heavy atom. The van der Waals surface area contributed by atoms with Gasteiger partial charge in [-0.15, -0.1) is 0 Å². The smallest absolute Gasteiger partial charge is 0.255 e. The second-order valence-electron chi connectivity index (χ2n) is 9.39. The number of amides is 1. The second-order valence-corrected chi connectivity index (χ2v) is 10.1. The van der Waals surface area contributed by atoms with Crippen LogP contribution in [0.2, 0.25) is 0 Å². The number of methoxy groups -OCH3 is 4. The molecule has 0 bridgehead atoms. The minimum absolute atomic E-state index is 0.265. The van der Waals surface area contributed by atoms with Crippen molar-refractivity contribution < 1.29 is 23.7 Å². The molecule has 5 rings (SSSR count). The van der Waals surface area contributed by atoms with E-state index in [0.29, 0.717) is 44.9 Å². The summed E-state index contributed by atoms with van der Waals surface area (Å²) in [7, 11) is 6.34. The van der Waals surface area contributed by atoms with E-state index in [4.69, 9.17) is 33.6 Å². The van der Waals surface area contributed by atoms with Gasteiger partial charge in [0.15, 0.2) is 17.3 Å². The van der Waals surface area contributed by atoms with Crippen molar-refractivity contribution in [3.63, 3.8) is 0 Å². The molecule has 0 aliphatic carbocycles. The molecule has 0 aliphatic heterocycles. The van der Waals surface area contributed by atoms with Crippen molar-refractivity contribution in [2.75, 3.05) is 33.8 Å². The average molecular weight is 605 g/mol. The topological polar surface area (TPSA) is 116 Å². The lowest BCUT2D eigenvalue weighted by molar-refractivity contribution is 0.102. The molecule has 0 saturated carbocycles. The van der Waals surface area contributed by atoms with Gasteiger partial charge in [0.25, 0.3) is 5.91 Å². The summed E-state index contributed by atoms with van der Waals surface area (Å²) >= 11 is 1.27. The van der Waals surface area contributed by atoms with E-state index in [1.165, 1.54) is 11.5 Å². The van der Waals surface area contributed by atoms with Crippen LogP contribution in [0.25, 0.3) is 22.2 Å². The Labute approximate surface area is 259 Å². The van der Waals surface area contributed by atoms with Crippen LogP contribution in [0.15, 0.2) is 84.9 Å². The van der Waals surface area contributed by atoms with Crippen LogP contribution in [-0.2, 0) is 0 Å². The SMILES string of the molecule is COc1ccc(/C=C(\c2cc(OC)c(OC)c(OC)c2)c2nsc(-c3ccc(NC(=O)c4ccc(C#N)cc4)cc3)n2)cc1. The summed E-state index contributed by atoms with van der Waals surface area (Å²) in [5.41, 5.74) is 4.89. The van der Waals surface area contributed by atoms with E-state index in [-0.39, 0.29) is 5.91 Å². The third kappa shape index (κ3) is 6.53. The fourth-order valence-corrected chi connectivity index (χ4v) is 5.11. The number of benzene rings is 4. The van der Waals surface area contributed by atoms with E-state index < -0.39 is 0 Å². The first-order valence-electron chi connectivity index (χ1n) is 13.4. The van der Waals surface area contributed by atoms with Crippen molar-refractivity contribution in [2.45, 2.75) is 0 Å². The number of nitrogens with zero attached hydrogens (tertiary/aromatic N) is 3. The van der Waals surface area contributed by atoms with Crippen LogP contribution in [0.3, 0.4) is 0 Å². The molecule has 0 aliphatic rings. The normalized spacial score (nSPS) is 10.9. The van der Waals surface area contributed by atoms with Crippen LogP contribution < -0.4 is 24.3 Å². The van der Waals surface area contributed by atoms with Crippen molar-refractivity contribution >= 4 is 34.8 Å². The van der Waals surface area contributed by atoms with E-state index in [0.717, 1.165) is 28.0 Å². The van der Waals surface area contributed by atoms with E-state index in [9.17, 15) is 4.79 Å². The van der Waals surface area contributed by atoms with Crippen LogP contribution in [0.1, 0.15) is 32.9 Å². The molecular formula is C34H28N4O5S. The Morgan fingerprint density at radius 1 is 0.818 bits per heavy atom. The van der Waals surface area contributed by atoms with Gasteiger partial charge in [-0.1, -0.05) is 12.1 Å². The molecule has 1 amide bonds. The van der Waals surface area contributed by atoms with E-state index in [1.54, 1.807) is 52.7 Å². The second kappa shape index (κ2) is 13.5. The number of hydrogen-bond donors (Lipinski definition) is 1. The summed E-state index contributed by atoms with van der Waals surface area (Å²) in [5, 5.41) is 12.6. The summed E-state index contributed by atoms with van der Waals surface area (Å²) in [5.74, 6) is 2.52. The monoisotopic (exact) mass is 604 g/mol. The zero-order chi connectivity index (χ0) is 31.1. The summed E-state index contributed by atoms with van der Waals surface area (Å²) < 4.78 is 26.8. The lowest BCUT2D eigenvalue weighted by Crippen LogP contribution is -2.11. The number of nitriles is 1. The molecule has 0 atom stereocenters. The zero-order valence-electron chi connectivity index (χ0n) is 24.5. The van der Waals surface area contributed by atoms with Gasteiger partial charge in [-0.25, -0.2) is 4.98 Å². The maximum atomic E-state index is 12.6. The van der Waals surface area contributed by atoms with Crippen molar-refractivity contribution in [1.29, 1.82) is 5.26 Å². The van der Waals surface area contributed by atoms with Crippen LogP contribution >= 0.6 is 11.5 Å². The molecule has 4 aromatic carbocycles. The fourth-order valence-electron chi connectivity index (χ4n) is 4.43. The van der Waals surface area contributed by atoms with Gasteiger partial charge in [0.1, 0.15) is 10.8 Å². The Balaban J connectivity index is 1.46. The Kier molecular flexibility index (Phi) is 9.18. The molecule has 10 heteroatoms. The minimum atomic E-state index is -0.265. The first-order chi connectivity index (χ1) is 21.5. The molecule has 9 nitrogen and oxygen atoms in total. The standard InChI is InChI=1S/C34H28N4O5S/c1-40-27-15-7-21(8-16-27)17-28(25-18-29(41-2)31(43-4)30(19-25)42-3)32-37-34(44-38-32)24-11-13-26(14-12-24)36-33(39)23-9-5-22(20-35)6-10-23/h5-19H,1-4H3,(H,36,39)/b28-17+. The van der Waals surface area contributed by atoms with Crippen LogP contribution in [0.5, 0.6) is 23.0 Å². The number of nitrogens with one attached hydrogen (secondary N) is 1. The van der Waals surface area contributed by atoms with Gasteiger partial charge in [-0.2, -0.15) is 9.64 Å². The summed E-state index contributed by atoms with van der Waals surface area (Å²) in [6.07, 6.45) is 1.99. The lowest BCUT2D eigenvalue weighted by Gasteiger charge is -2.15. The predicted octanol–water partition coefficient (Wildman–Crippen LogP) is 6.95. The molecule has 5 aromatic rings. The number of carbonyl (C=O) groups excluding carboxylic acids is 1. The van der Waals surface area contributed by atoms with Gasteiger partial charge in [-0.05, 0) is 102 Å². The number of hydrogen-bond acceptors (Lipinski definition) is 9. The summed E-state index contributed by atoms with van der Waals surface area (Å²) in [6, 6.07) is 27.3. The molecule has 44 heavy (non-hydrogen) atoms. The highest BCUT2D eigenvalue weighted by atomic mass is 32.1. The van der Waals surface area contributed by atoms with Crippen molar-refractivity contribution in [2.24, 2.45) is 0 Å². The van der Waals surface area contributed by atoms with Gasteiger partial charge < -0.3 is 24.3 Å². The van der Waals surface area contributed by atoms with Gasteiger partial charge in [0, 0.05) is 22.4 Å². The maximum Gasteiger partial charge on any atom is 0.255 e. The van der Waals surface area contributed by atoms with Crippen molar-refractivity contribution in [1.82, 2.24) is 9.36 Å². The molecule has 0 saturated heterocycles. The summed E-state index contributed by atoms with van der Waals surface area (Å²) in [6.45, 7) is 0. The van der Waals surface area contributed by atoms with Gasteiger partial charge in [-0.3, -0.25) is 4.79 Å². The molecule has 0 spiro atoms. The van der Waals surface area contributed by atoms with Crippen LogP contribution in [-0.4, -0.2) is 43.7 Å². The number of ether oxygens (including phenoxy) is 4. The van der Waals surface area contributed by atoms with E-state index >= 15 is 0 Å². The number of anilines is 1. The lowest BCUT2D eigenvalue weighted by atomic mass is 10.0. The molecular weight excluding hydrogens is 576 g/mol. The first kappa shape index (κ1) is 29.8. The Bertz CT molecular complexity index is 1820. The average Bonchev–Trinajstić information content (AvgIpc) is 3.57. The Morgan fingerprint density at radius 2 is 1.48 bits per heavy atom. The maximum absolute atomic E-state index is 12.6. The Hall–Kier alpha value is -5.66. The highest BCUT2D eigenvalue weighted by molar-refractivity contribution is 7.09. The summed E-state index contributed by atoms with van der Waals surface area (Å²) in [4.78, 5) is 17.5. The van der Waals surface area contributed by atoms with Crippen LogP contribution in [0, 0.1) is 11.3 Å². The minimum Gasteiger partial charge on any atom is -0.497 e. The van der Waals surface area contributed by atoms with Gasteiger partial charge in [0.2, 0.25) is 5.75 Å². The molecule has 0 fully saturated rings. The van der Waals surface area contributed by atoms with Gasteiger partial charge in [0.05, 0.1) is 40.1 Å². The number of aromatic nitrogens is 2. The molecule has 1 heterocycles. The number of carbonyl (C=O) groups is 1. The molecule has 1 N–H and O–H groups in total. The quantitative estimate of drug-likeness (QED) is 0.170. The predicted molar refractivity (Wildman–Crippen MR) is 171 cm³/mol. The first-order valence-corrected chi connectivity index (χ1v) is 14.2. The van der Waals surface area contributed by atoms with E-state index in [2.05, 4.69) is 5.32 Å². The molecule has 0 unspecified atom stereocenters. The van der Waals surface area contributed by atoms with E-state index in [1.807, 2.05) is 72.8 Å². The molecule has 220 valence electrons. The highest BCUT2D eigenvalue weighted by Gasteiger charge is 2.19. The van der Waals surface area contributed by atoms with Crippen molar-refractivity contribution in [3.8, 4) is 39.6 Å². The third-order valence-electron chi connectivity index (χ3n) is 6.74. The largest absolute Gasteiger partial charge is 0.497 e. The molecule has 0 radical (unpaired) electrons. The fraction of sp³-hybridized carbons (Fsp3) is 0.118. The molecule has 1 aromatic heterocycles. The van der Waals surface area contributed by atoms with Crippen molar-refractivity contribution in [3.05, 3.63) is 113 Å². The zero-order valence-corrected chi connectivity index (χ0v) is 25.3. The highest BCUT2D eigenvalue weighted by Crippen LogP contribution is 2.41. The third-order valence-corrected chi connectivity index (χ3v) is 7.50.